The van der Waals surface area contributed by atoms with E-state index in [1.165, 1.54) is 13.0 Å². The molecule has 0 saturated heterocycles. The van der Waals surface area contributed by atoms with Crippen LogP contribution in [0.15, 0.2) is 42.5 Å². The predicted octanol–water partition coefficient (Wildman–Crippen LogP) is 3.58. The highest BCUT2D eigenvalue weighted by Gasteiger charge is 2.15. The van der Waals surface area contributed by atoms with Gasteiger partial charge >= 0.3 is 12.1 Å². The van der Waals surface area contributed by atoms with Crippen LogP contribution in [0.4, 0.5) is 14.9 Å². The van der Waals surface area contributed by atoms with Crippen molar-refractivity contribution >= 4 is 17.7 Å². The van der Waals surface area contributed by atoms with Gasteiger partial charge in [0.05, 0.1) is 11.3 Å². The van der Waals surface area contributed by atoms with Gasteiger partial charge < -0.3 is 9.84 Å². The molecule has 114 valence electrons. The van der Waals surface area contributed by atoms with Gasteiger partial charge in [0.25, 0.3) is 0 Å². The molecule has 0 radical (unpaired) electrons. The number of carbonyl (C=O) groups is 2. The molecule has 0 saturated carbocycles. The Morgan fingerprint density at radius 3 is 2.50 bits per heavy atom. The molecule has 0 unspecified atom stereocenters. The Hall–Kier alpha value is -2.89. The maximum atomic E-state index is 13.9. The van der Waals surface area contributed by atoms with Gasteiger partial charge in [0, 0.05) is 0 Å². The standard InChI is InChI=1S/C16H14FNO4/c1-10-7-12(15(19)20)8-13(17)14(10)18-16(21)22-9-11-5-3-2-4-6-11/h2-8H,9H2,1H3,(H,18,21)(H,19,20). The number of carboxylic acid groups (broad SMARTS) is 1. The van der Waals surface area contributed by atoms with Gasteiger partial charge in [-0.2, -0.15) is 0 Å². The smallest absolute Gasteiger partial charge is 0.412 e. The van der Waals surface area contributed by atoms with E-state index in [0.29, 0.717) is 5.56 Å². The van der Waals surface area contributed by atoms with Gasteiger partial charge in [-0.25, -0.2) is 14.0 Å². The van der Waals surface area contributed by atoms with Crippen LogP contribution >= 0.6 is 0 Å². The second-order valence-corrected chi connectivity index (χ2v) is 4.64. The van der Waals surface area contributed by atoms with E-state index in [1.54, 1.807) is 12.1 Å². The van der Waals surface area contributed by atoms with Crippen LogP contribution in [-0.2, 0) is 11.3 Å². The Kier molecular flexibility index (Phi) is 4.73. The van der Waals surface area contributed by atoms with Crippen molar-refractivity contribution < 1.29 is 23.8 Å². The van der Waals surface area contributed by atoms with Crippen molar-refractivity contribution in [2.45, 2.75) is 13.5 Å². The Labute approximate surface area is 126 Å². The summed E-state index contributed by atoms with van der Waals surface area (Å²) >= 11 is 0. The number of hydrogen-bond donors (Lipinski definition) is 2. The molecule has 5 nitrogen and oxygen atoms in total. The Morgan fingerprint density at radius 2 is 1.91 bits per heavy atom. The summed E-state index contributed by atoms with van der Waals surface area (Å²) in [4.78, 5) is 22.5. The van der Waals surface area contributed by atoms with Crippen LogP contribution in [0.2, 0.25) is 0 Å². The largest absolute Gasteiger partial charge is 0.478 e. The third-order valence-electron chi connectivity index (χ3n) is 2.97. The van der Waals surface area contributed by atoms with Crippen molar-refractivity contribution in [1.29, 1.82) is 0 Å². The molecule has 0 aromatic heterocycles. The van der Waals surface area contributed by atoms with Crippen LogP contribution in [0.25, 0.3) is 0 Å². The minimum Gasteiger partial charge on any atom is -0.478 e. The number of halogens is 1. The molecular weight excluding hydrogens is 289 g/mol. The molecule has 0 spiro atoms. The lowest BCUT2D eigenvalue weighted by Gasteiger charge is -2.11. The molecule has 0 heterocycles. The van der Waals surface area contributed by atoms with Crippen molar-refractivity contribution in [3.05, 3.63) is 65.0 Å². The fourth-order valence-corrected chi connectivity index (χ4v) is 1.89. The molecule has 0 fully saturated rings. The zero-order valence-electron chi connectivity index (χ0n) is 11.8. The van der Waals surface area contributed by atoms with Gasteiger partial charge in [0.15, 0.2) is 0 Å². The summed E-state index contributed by atoms with van der Waals surface area (Å²) in [6.45, 7) is 1.56. The van der Waals surface area contributed by atoms with E-state index < -0.39 is 17.9 Å². The third kappa shape index (κ3) is 3.82. The lowest BCUT2D eigenvalue weighted by molar-refractivity contribution is 0.0696. The van der Waals surface area contributed by atoms with Crippen molar-refractivity contribution in [2.24, 2.45) is 0 Å². The number of benzene rings is 2. The molecule has 0 bridgehead atoms. The van der Waals surface area contributed by atoms with Crippen LogP contribution in [-0.4, -0.2) is 17.2 Å². The Bertz CT molecular complexity index is 678. The molecule has 1 amide bonds. The minimum absolute atomic E-state index is 0.0561. The highest BCUT2D eigenvalue weighted by atomic mass is 19.1. The van der Waals surface area contributed by atoms with Crippen molar-refractivity contribution in [3.63, 3.8) is 0 Å². The summed E-state index contributed by atoms with van der Waals surface area (Å²) < 4.78 is 18.8. The number of aromatic carboxylic acids is 1. The summed E-state index contributed by atoms with van der Waals surface area (Å²) in [5.74, 6) is -2.06. The molecule has 22 heavy (non-hydrogen) atoms. The van der Waals surface area contributed by atoms with E-state index in [-0.39, 0.29) is 17.9 Å². The molecule has 2 aromatic rings. The van der Waals surface area contributed by atoms with Gasteiger partial charge in [-0.15, -0.1) is 0 Å². The topological polar surface area (TPSA) is 75.6 Å². The number of amides is 1. The number of aryl methyl sites for hydroxylation is 1. The van der Waals surface area contributed by atoms with Crippen LogP contribution in [0.1, 0.15) is 21.5 Å². The molecule has 2 N–H and O–H groups in total. The molecule has 0 aliphatic heterocycles. The Morgan fingerprint density at radius 1 is 1.23 bits per heavy atom. The lowest BCUT2D eigenvalue weighted by Crippen LogP contribution is -2.16. The molecule has 0 aliphatic rings. The second kappa shape index (κ2) is 6.71. The summed E-state index contributed by atoms with van der Waals surface area (Å²) in [7, 11) is 0. The zero-order valence-corrected chi connectivity index (χ0v) is 11.8. The summed E-state index contributed by atoms with van der Waals surface area (Å²) in [5, 5.41) is 11.1. The van der Waals surface area contributed by atoms with E-state index in [9.17, 15) is 14.0 Å². The molecule has 2 rings (SSSR count). The van der Waals surface area contributed by atoms with Crippen LogP contribution in [0.3, 0.4) is 0 Å². The SMILES string of the molecule is Cc1cc(C(=O)O)cc(F)c1NC(=O)OCc1ccccc1. The average molecular weight is 303 g/mol. The van der Waals surface area contributed by atoms with E-state index >= 15 is 0 Å². The number of carboxylic acids is 1. The van der Waals surface area contributed by atoms with Crippen molar-refractivity contribution in [1.82, 2.24) is 0 Å². The van der Waals surface area contributed by atoms with E-state index in [2.05, 4.69) is 5.32 Å². The van der Waals surface area contributed by atoms with Crippen LogP contribution < -0.4 is 5.32 Å². The normalized spacial score (nSPS) is 10.1. The summed E-state index contributed by atoms with van der Waals surface area (Å²) in [5.41, 5.74) is 0.825. The quantitative estimate of drug-likeness (QED) is 0.905. The molecular formula is C16H14FNO4. The van der Waals surface area contributed by atoms with Gasteiger partial charge in [-0.3, -0.25) is 5.32 Å². The first kappa shape index (κ1) is 15.5. The molecule has 0 aliphatic carbocycles. The number of nitrogens with one attached hydrogen (secondary N) is 1. The van der Waals surface area contributed by atoms with Crippen LogP contribution in [0, 0.1) is 12.7 Å². The molecule has 2 aromatic carbocycles. The average Bonchev–Trinajstić information content (AvgIpc) is 2.49. The third-order valence-corrected chi connectivity index (χ3v) is 2.97. The molecule has 0 atom stereocenters. The fraction of sp³-hybridized carbons (Fsp3) is 0.125. The Balaban J connectivity index is 2.04. The van der Waals surface area contributed by atoms with Crippen molar-refractivity contribution in [3.8, 4) is 0 Å². The monoisotopic (exact) mass is 303 g/mol. The second-order valence-electron chi connectivity index (χ2n) is 4.64. The maximum Gasteiger partial charge on any atom is 0.412 e. The van der Waals surface area contributed by atoms with E-state index in [1.807, 2.05) is 18.2 Å². The predicted molar refractivity (Wildman–Crippen MR) is 78.3 cm³/mol. The van der Waals surface area contributed by atoms with Crippen molar-refractivity contribution in [2.75, 3.05) is 5.32 Å². The maximum absolute atomic E-state index is 13.9. The van der Waals surface area contributed by atoms with E-state index in [0.717, 1.165) is 11.6 Å². The van der Waals surface area contributed by atoms with E-state index in [4.69, 9.17) is 9.84 Å². The first-order chi connectivity index (χ1) is 10.5. The number of anilines is 1. The minimum atomic E-state index is -1.24. The number of carbonyl (C=O) groups excluding carboxylic acids is 1. The van der Waals surface area contributed by atoms with Gasteiger partial charge in [-0.05, 0) is 30.2 Å². The summed E-state index contributed by atoms with van der Waals surface area (Å²) in [6.07, 6.45) is -0.811. The number of rotatable bonds is 4. The summed E-state index contributed by atoms with van der Waals surface area (Å²) in [6, 6.07) is 11.2. The number of ether oxygens (including phenoxy) is 1. The lowest BCUT2D eigenvalue weighted by atomic mass is 10.1. The zero-order chi connectivity index (χ0) is 16.1. The highest BCUT2D eigenvalue weighted by molar-refractivity contribution is 5.91. The number of hydrogen-bond acceptors (Lipinski definition) is 3. The fourth-order valence-electron chi connectivity index (χ4n) is 1.89. The van der Waals surface area contributed by atoms with Gasteiger partial charge in [0.1, 0.15) is 12.4 Å². The van der Waals surface area contributed by atoms with Crippen LogP contribution in [0.5, 0.6) is 0 Å². The van der Waals surface area contributed by atoms with Gasteiger partial charge in [0.2, 0.25) is 0 Å². The molecule has 6 heteroatoms. The van der Waals surface area contributed by atoms with Gasteiger partial charge in [-0.1, -0.05) is 30.3 Å². The first-order valence-corrected chi connectivity index (χ1v) is 6.48. The highest BCUT2D eigenvalue weighted by Crippen LogP contribution is 2.22. The first-order valence-electron chi connectivity index (χ1n) is 6.48.